The lowest BCUT2D eigenvalue weighted by atomic mass is 10.2. The Morgan fingerprint density at radius 3 is 2.84 bits per heavy atom. The highest BCUT2D eigenvalue weighted by molar-refractivity contribution is 9.10. The molecule has 1 aromatic carbocycles. The van der Waals surface area contributed by atoms with Gasteiger partial charge in [-0.15, -0.1) is 0 Å². The van der Waals surface area contributed by atoms with Crippen LogP contribution in [0.15, 0.2) is 45.3 Å². The smallest absolute Gasteiger partial charge is 0.330 e. The molecular weight excluding hydrogens is 332 g/mol. The molecule has 0 saturated carbocycles. The van der Waals surface area contributed by atoms with Gasteiger partial charge in [-0.2, -0.15) is 0 Å². The summed E-state index contributed by atoms with van der Waals surface area (Å²) >= 11 is 9.49. The predicted molar refractivity (Wildman–Crippen MR) is 77.9 cm³/mol. The number of furan rings is 1. The minimum Gasteiger partial charge on any atom is -0.466 e. The summed E-state index contributed by atoms with van der Waals surface area (Å²) in [6, 6.07) is 9.09. The van der Waals surface area contributed by atoms with E-state index < -0.39 is 5.97 Å². The van der Waals surface area contributed by atoms with Crippen LogP contribution in [0.1, 0.15) is 5.76 Å². The summed E-state index contributed by atoms with van der Waals surface area (Å²) in [5, 5.41) is 0.590. The molecule has 0 unspecified atom stereocenters. The van der Waals surface area contributed by atoms with Crippen LogP contribution in [0.2, 0.25) is 5.02 Å². The molecule has 5 heteroatoms. The number of ether oxygens (including phenoxy) is 1. The Balaban J connectivity index is 2.26. The van der Waals surface area contributed by atoms with Crippen molar-refractivity contribution in [3.8, 4) is 11.3 Å². The standard InChI is InChI=1S/C14H10BrClO3/c1-18-14(17)7-4-10-3-6-13(19-10)11-5-2-9(15)8-12(11)16/h2-8H,1H3. The third-order valence-electron chi connectivity index (χ3n) is 2.41. The van der Waals surface area contributed by atoms with Crippen molar-refractivity contribution in [3.63, 3.8) is 0 Å². The van der Waals surface area contributed by atoms with Crippen LogP contribution in [0, 0.1) is 0 Å². The first-order chi connectivity index (χ1) is 9.10. The molecule has 0 radical (unpaired) electrons. The summed E-state index contributed by atoms with van der Waals surface area (Å²) in [6.45, 7) is 0. The number of methoxy groups -OCH3 is 1. The SMILES string of the molecule is COC(=O)C=Cc1ccc(-c2ccc(Br)cc2Cl)o1. The molecule has 19 heavy (non-hydrogen) atoms. The fraction of sp³-hybridized carbons (Fsp3) is 0.0714. The molecule has 0 N–H and O–H groups in total. The molecule has 0 aliphatic heterocycles. The zero-order valence-corrected chi connectivity index (χ0v) is 12.4. The van der Waals surface area contributed by atoms with E-state index in [2.05, 4.69) is 20.7 Å². The number of hydrogen-bond acceptors (Lipinski definition) is 3. The number of rotatable bonds is 3. The van der Waals surface area contributed by atoms with Gasteiger partial charge in [0.25, 0.3) is 0 Å². The highest BCUT2D eigenvalue weighted by atomic mass is 79.9. The van der Waals surface area contributed by atoms with Gasteiger partial charge >= 0.3 is 5.97 Å². The van der Waals surface area contributed by atoms with Gasteiger partial charge in [-0.3, -0.25) is 0 Å². The third-order valence-corrected chi connectivity index (χ3v) is 3.21. The van der Waals surface area contributed by atoms with Crippen molar-refractivity contribution in [2.75, 3.05) is 7.11 Å². The van der Waals surface area contributed by atoms with Gasteiger partial charge in [0, 0.05) is 16.1 Å². The molecule has 0 spiro atoms. The van der Waals surface area contributed by atoms with Gasteiger partial charge in [-0.25, -0.2) is 4.79 Å². The zero-order chi connectivity index (χ0) is 13.8. The van der Waals surface area contributed by atoms with E-state index in [4.69, 9.17) is 16.0 Å². The number of esters is 1. The number of halogens is 2. The van der Waals surface area contributed by atoms with E-state index in [9.17, 15) is 4.79 Å². The molecule has 2 aromatic rings. The Morgan fingerprint density at radius 1 is 1.37 bits per heavy atom. The maximum atomic E-state index is 11.0. The molecule has 0 atom stereocenters. The Hall–Kier alpha value is -1.52. The Bertz CT molecular complexity index is 631. The Morgan fingerprint density at radius 2 is 2.16 bits per heavy atom. The topological polar surface area (TPSA) is 39.4 Å². The lowest BCUT2D eigenvalue weighted by molar-refractivity contribution is -0.134. The van der Waals surface area contributed by atoms with E-state index in [1.165, 1.54) is 13.2 Å². The lowest BCUT2D eigenvalue weighted by Gasteiger charge is -2.00. The van der Waals surface area contributed by atoms with Crippen molar-refractivity contribution in [3.05, 3.63) is 51.7 Å². The molecule has 0 aliphatic carbocycles. The molecule has 1 heterocycles. The van der Waals surface area contributed by atoms with Crippen molar-refractivity contribution >= 4 is 39.6 Å². The van der Waals surface area contributed by atoms with E-state index in [1.807, 2.05) is 12.1 Å². The van der Waals surface area contributed by atoms with Gasteiger partial charge in [-0.05, 0) is 36.4 Å². The minimum atomic E-state index is -0.431. The van der Waals surface area contributed by atoms with Gasteiger partial charge < -0.3 is 9.15 Å². The normalized spacial score (nSPS) is 10.9. The van der Waals surface area contributed by atoms with Gasteiger partial charge in [0.05, 0.1) is 12.1 Å². The average molecular weight is 342 g/mol. The third kappa shape index (κ3) is 3.49. The fourth-order valence-corrected chi connectivity index (χ4v) is 2.26. The van der Waals surface area contributed by atoms with Crippen molar-refractivity contribution in [2.45, 2.75) is 0 Å². The molecule has 0 bridgehead atoms. The van der Waals surface area contributed by atoms with Crippen LogP contribution in [0.4, 0.5) is 0 Å². The highest BCUT2D eigenvalue weighted by Crippen LogP contribution is 2.31. The second kappa shape index (κ2) is 6.08. The Labute approximate surface area is 123 Å². The summed E-state index contributed by atoms with van der Waals surface area (Å²) in [7, 11) is 1.32. The van der Waals surface area contributed by atoms with Crippen LogP contribution in [-0.2, 0) is 9.53 Å². The number of hydrogen-bond donors (Lipinski definition) is 0. The summed E-state index contributed by atoms with van der Waals surface area (Å²) in [5.41, 5.74) is 0.794. The van der Waals surface area contributed by atoms with Gasteiger partial charge in [-0.1, -0.05) is 27.5 Å². The zero-order valence-electron chi connectivity index (χ0n) is 10.0. The maximum absolute atomic E-state index is 11.0. The lowest BCUT2D eigenvalue weighted by Crippen LogP contribution is -1.92. The quantitative estimate of drug-likeness (QED) is 0.607. The molecule has 0 saturated heterocycles. The summed E-state index contributed by atoms with van der Waals surface area (Å²) < 4.78 is 11.0. The molecule has 0 amide bonds. The Kier molecular flexibility index (Phi) is 4.45. The van der Waals surface area contributed by atoms with Gasteiger partial charge in [0.15, 0.2) is 0 Å². The van der Waals surface area contributed by atoms with Crippen molar-refractivity contribution < 1.29 is 13.9 Å². The van der Waals surface area contributed by atoms with Crippen LogP contribution in [-0.4, -0.2) is 13.1 Å². The van der Waals surface area contributed by atoms with Crippen LogP contribution in [0.3, 0.4) is 0 Å². The van der Waals surface area contributed by atoms with E-state index in [0.717, 1.165) is 10.0 Å². The first-order valence-electron chi connectivity index (χ1n) is 5.41. The fourth-order valence-electron chi connectivity index (χ4n) is 1.49. The summed E-state index contributed by atoms with van der Waals surface area (Å²) in [5.74, 6) is 0.765. The second-order valence-corrected chi connectivity index (χ2v) is 5.01. The predicted octanol–water partition coefficient (Wildman–Crippen LogP) is 4.55. The maximum Gasteiger partial charge on any atom is 0.330 e. The largest absolute Gasteiger partial charge is 0.466 e. The molecule has 1 aromatic heterocycles. The average Bonchev–Trinajstić information content (AvgIpc) is 2.84. The van der Waals surface area contributed by atoms with Gasteiger partial charge in [0.2, 0.25) is 0 Å². The molecule has 0 fully saturated rings. The highest BCUT2D eigenvalue weighted by Gasteiger charge is 2.08. The molecule has 3 nitrogen and oxygen atoms in total. The minimum absolute atomic E-state index is 0.431. The first-order valence-corrected chi connectivity index (χ1v) is 6.58. The second-order valence-electron chi connectivity index (χ2n) is 3.68. The van der Waals surface area contributed by atoms with Crippen LogP contribution in [0.25, 0.3) is 17.4 Å². The van der Waals surface area contributed by atoms with E-state index in [1.54, 1.807) is 24.3 Å². The monoisotopic (exact) mass is 340 g/mol. The molecule has 2 rings (SSSR count). The number of benzene rings is 1. The van der Waals surface area contributed by atoms with Crippen molar-refractivity contribution in [1.82, 2.24) is 0 Å². The van der Waals surface area contributed by atoms with E-state index in [0.29, 0.717) is 16.5 Å². The van der Waals surface area contributed by atoms with Gasteiger partial charge in [0.1, 0.15) is 11.5 Å². The number of carbonyl (C=O) groups excluding carboxylic acids is 1. The van der Waals surface area contributed by atoms with E-state index in [-0.39, 0.29) is 0 Å². The molecule has 98 valence electrons. The molecule has 0 aliphatic rings. The van der Waals surface area contributed by atoms with E-state index >= 15 is 0 Å². The molecular formula is C14H10BrClO3. The summed E-state index contributed by atoms with van der Waals surface area (Å²) in [6.07, 6.45) is 2.84. The van der Waals surface area contributed by atoms with Crippen molar-refractivity contribution in [1.29, 1.82) is 0 Å². The first kappa shape index (κ1) is 13.9. The van der Waals surface area contributed by atoms with Crippen LogP contribution in [0.5, 0.6) is 0 Å². The van der Waals surface area contributed by atoms with Crippen LogP contribution < -0.4 is 0 Å². The number of carbonyl (C=O) groups is 1. The van der Waals surface area contributed by atoms with Crippen molar-refractivity contribution in [2.24, 2.45) is 0 Å². The summed E-state index contributed by atoms with van der Waals surface area (Å²) in [4.78, 5) is 11.0. The van der Waals surface area contributed by atoms with Crippen LogP contribution >= 0.6 is 27.5 Å².